The number of aryl methyl sites for hydroxylation is 1. The van der Waals surface area contributed by atoms with Crippen LogP contribution in [0.25, 0.3) is 10.9 Å². The average molecular weight is 267 g/mol. The van der Waals surface area contributed by atoms with Crippen LogP contribution >= 0.6 is 23.2 Å². The highest BCUT2D eigenvalue weighted by Crippen LogP contribution is 2.26. The number of rotatable bonds is 1. The van der Waals surface area contributed by atoms with Crippen molar-refractivity contribution in [1.82, 2.24) is 4.98 Å². The predicted octanol–water partition coefficient (Wildman–Crippen LogP) is 3.21. The van der Waals surface area contributed by atoms with Crippen LogP contribution in [-0.4, -0.2) is 4.98 Å². The van der Waals surface area contributed by atoms with Gasteiger partial charge >= 0.3 is 0 Å². The summed E-state index contributed by atoms with van der Waals surface area (Å²) >= 11 is 12.0. The Hall–Kier alpha value is -1.50. The normalized spacial score (nSPS) is 10.5. The zero-order valence-corrected chi connectivity index (χ0v) is 10.5. The minimum absolute atomic E-state index is 0.0555. The average Bonchev–Trinajstić information content (AvgIpc) is 2.29. The van der Waals surface area contributed by atoms with Gasteiger partial charge in [-0.1, -0.05) is 23.2 Å². The van der Waals surface area contributed by atoms with E-state index in [1.54, 1.807) is 19.1 Å². The Morgan fingerprint density at radius 2 is 2.00 bits per heavy atom. The maximum absolute atomic E-state index is 12.2. The van der Waals surface area contributed by atoms with E-state index >= 15 is 0 Å². The molecule has 0 aliphatic rings. The Morgan fingerprint density at radius 3 is 2.65 bits per heavy atom. The molecule has 86 valence electrons. The third kappa shape index (κ3) is 1.90. The Morgan fingerprint density at radius 1 is 1.35 bits per heavy atom. The first-order chi connectivity index (χ1) is 8.06. The van der Waals surface area contributed by atoms with Crippen LogP contribution in [0.15, 0.2) is 16.9 Å². The number of nitriles is 1. The van der Waals surface area contributed by atoms with E-state index < -0.39 is 0 Å². The Labute approximate surface area is 108 Å². The first kappa shape index (κ1) is 12.0. The summed E-state index contributed by atoms with van der Waals surface area (Å²) in [6.07, 6.45) is 0.0555. The standard InChI is InChI=1S/C12H8Cl2N2O/c1-6-7(4-5-15)12(17)10-8(13)2-3-9(14)11(10)16-6/h2-3H,4H2,1H3,(H,16,17). The molecule has 0 saturated heterocycles. The number of fused-ring (bicyclic) bond motifs is 1. The summed E-state index contributed by atoms with van der Waals surface area (Å²) in [5.74, 6) is 0. The monoisotopic (exact) mass is 266 g/mol. The predicted molar refractivity (Wildman–Crippen MR) is 68.6 cm³/mol. The number of hydrogen-bond donors (Lipinski definition) is 1. The zero-order valence-electron chi connectivity index (χ0n) is 8.97. The van der Waals surface area contributed by atoms with Gasteiger partial charge < -0.3 is 4.98 Å². The van der Waals surface area contributed by atoms with Gasteiger partial charge in [0.2, 0.25) is 0 Å². The van der Waals surface area contributed by atoms with Crippen molar-refractivity contribution >= 4 is 34.1 Å². The molecular formula is C12H8Cl2N2O. The number of nitrogens with one attached hydrogen (secondary N) is 1. The lowest BCUT2D eigenvalue weighted by molar-refractivity contribution is 1.12. The minimum Gasteiger partial charge on any atom is -0.357 e. The van der Waals surface area contributed by atoms with Gasteiger partial charge in [0, 0.05) is 11.3 Å². The molecule has 0 unspecified atom stereocenters. The Kier molecular flexibility index (Phi) is 3.10. The van der Waals surface area contributed by atoms with E-state index in [0.29, 0.717) is 32.2 Å². The molecule has 2 rings (SSSR count). The summed E-state index contributed by atoms with van der Waals surface area (Å²) in [6, 6.07) is 5.18. The second-order valence-corrected chi connectivity index (χ2v) is 4.49. The van der Waals surface area contributed by atoms with Crippen molar-refractivity contribution in [3.8, 4) is 6.07 Å². The zero-order chi connectivity index (χ0) is 12.6. The van der Waals surface area contributed by atoms with Crippen LogP contribution in [0, 0.1) is 18.3 Å². The number of hydrogen-bond acceptors (Lipinski definition) is 2. The van der Waals surface area contributed by atoms with Gasteiger partial charge in [0.25, 0.3) is 0 Å². The van der Waals surface area contributed by atoms with E-state index in [1.165, 1.54) is 0 Å². The van der Waals surface area contributed by atoms with E-state index in [4.69, 9.17) is 28.5 Å². The van der Waals surface area contributed by atoms with Gasteiger partial charge in [-0.05, 0) is 19.1 Å². The second-order valence-electron chi connectivity index (χ2n) is 3.67. The smallest absolute Gasteiger partial charge is 0.195 e. The van der Waals surface area contributed by atoms with Gasteiger partial charge in [0.15, 0.2) is 5.43 Å². The van der Waals surface area contributed by atoms with Gasteiger partial charge in [-0.15, -0.1) is 0 Å². The topological polar surface area (TPSA) is 56.6 Å². The molecule has 1 N–H and O–H groups in total. The maximum atomic E-state index is 12.2. The lowest BCUT2D eigenvalue weighted by atomic mass is 10.1. The fourth-order valence-corrected chi connectivity index (χ4v) is 2.22. The van der Waals surface area contributed by atoms with Crippen molar-refractivity contribution < 1.29 is 0 Å². The highest BCUT2D eigenvalue weighted by molar-refractivity contribution is 6.39. The van der Waals surface area contributed by atoms with Gasteiger partial charge in [-0.3, -0.25) is 4.79 Å². The molecule has 1 aromatic carbocycles. The molecule has 0 aliphatic heterocycles. The molecule has 0 saturated carbocycles. The molecule has 0 aliphatic carbocycles. The highest BCUT2D eigenvalue weighted by Gasteiger charge is 2.13. The molecule has 5 heteroatoms. The lowest BCUT2D eigenvalue weighted by Crippen LogP contribution is -2.13. The summed E-state index contributed by atoms with van der Waals surface area (Å²) in [7, 11) is 0. The van der Waals surface area contributed by atoms with Gasteiger partial charge in [-0.25, -0.2) is 0 Å². The first-order valence-corrected chi connectivity index (χ1v) is 5.68. The van der Waals surface area contributed by atoms with Crippen LogP contribution in [-0.2, 0) is 6.42 Å². The Bertz CT molecular complexity index is 698. The van der Waals surface area contributed by atoms with Gasteiger partial charge in [0.1, 0.15) is 0 Å². The van der Waals surface area contributed by atoms with E-state index in [-0.39, 0.29) is 11.8 Å². The van der Waals surface area contributed by atoms with Crippen LogP contribution in [0.4, 0.5) is 0 Å². The molecule has 17 heavy (non-hydrogen) atoms. The summed E-state index contributed by atoms with van der Waals surface area (Å²) < 4.78 is 0. The fourth-order valence-electron chi connectivity index (χ4n) is 1.77. The minimum atomic E-state index is -0.231. The first-order valence-electron chi connectivity index (χ1n) is 4.92. The summed E-state index contributed by atoms with van der Waals surface area (Å²) in [5, 5.41) is 9.82. The van der Waals surface area contributed by atoms with Crippen LogP contribution < -0.4 is 5.43 Å². The lowest BCUT2D eigenvalue weighted by Gasteiger charge is -2.07. The maximum Gasteiger partial charge on any atom is 0.195 e. The summed E-state index contributed by atoms with van der Waals surface area (Å²) in [5.41, 5.74) is 1.37. The molecule has 0 spiro atoms. The molecule has 0 bridgehead atoms. The molecular weight excluding hydrogens is 259 g/mol. The Balaban J connectivity index is 2.98. The number of pyridine rings is 1. The van der Waals surface area contributed by atoms with Crippen LogP contribution in [0.2, 0.25) is 10.0 Å². The summed E-state index contributed by atoms with van der Waals surface area (Å²) in [4.78, 5) is 15.2. The van der Waals surface area contributed by atoms with E-state index in [0.717, 1.165) is 0 Å². The number of halogens is 2. The number of aromatic amines is 1. The molecule has 1 heterocycles. The molecule has 2 aromatic rings. The SMILES string of the molecule is Cc1[nH]c2c(Cl)ccc(Cl)c2c(=O)c1CC#N. The van der Waals surface area contributed by atoms with E-state index in [9.17, 15) is 4.79 Å². The van der Waals surface area contributed by atoms with Crippen molar-refractivity contribution in [2.45, 2.75) is 13.3 Å². The quantitative estimate of drug-likeness (QED) is 0.862. The van der Waals surface area contributed by atoms with Crippen molar-refractivity contribution in [2.24, 2.45) is 0 Å². The van der Waals surface area contributed by atoms with Crippen molar-refractivity contribution in [2.75, 3.05) is 0 Å². The fraction of sp³-hybridized carbons (Fsp3) is 0.167. The van der Waals surface area contributed by atoms with Gasteiger partial charge in [0.05, 0.1) is 33.4 Å². The number of H-pyrrole nitrogens is 1. The van der Waals surface area contributed by atoms with E-state index in [2.05, 4.69) is 4.98 Å². The molecule has 1 aromatic heterocycles. The number of nitrogens with zero attached hydrogens (tertiary/aromatic N) is 1. The van der Waals surface area contributed by atoms with E-state index in [1.807, 2.05) is 6.07 Å². The molecule has 0 radical (unpaired) electrons. The number of benzene rings is 1. The summed E-state index contributed by atoms with van der Waals surface area (Å²) in [6.45, 7) is 1.74. The molecule has 0 fully saturated rings. The van der Waals surface area contributed by atoms with Crippen molar-refractivity contribution in [3.63, 3.8) is 0 Å². The molecule has 0 amide bonds. The molecule has 0 atom stereocenters. The third-order valence-electron chi connectivity index (χ3n) is 2.63. The largest absolute Gasteiger partial charge is 0.357 e. The van der Waals surface area contributed by atoms with Crippen molar-refractivity contribution in [3.05, 3.63) is 43.7 Å². The third-order valence-corrected chi connectivity index (χ3v) is 3.26. The van der Waals surface area contributed by atoms with Crippen LogP contribution in [0.5, 0.6) is 0 Å². The number of aromatic nitrogens is 1. The highest BCUT2D eigenvalue weighted by atomic mass is 35.5. The van der Waals surface area contributed by atoms with Crippen LogP contribution in [0.3, 0.4) is 0 Å². The van der Waals surface area contributed by atoms with Crippen molar-refractivity contribution in [1.29, 1.82) is 5.26 Å². The van der Waals surface area contributed by atoms with Gasteiger partial charge in [-0.2, -0.15) is 5.26 Å². The van der Waals surface area contributed by atoms with Crippen LogP contribution in [0.1, 0.15) is 11.3 Å². The second kappa shape index (κ2) is 4.40. The molecule has 3 nitrogen and oxygen atoms in total.